The third kappa shape index (κ3) is 4.94. The third-order valence-corrected chi connectivity index (χ3v) is 4.62. The zero-order valence-electron chi connectivity index (χ0n) is 16.6. The quantitative estimate of drug-likeness (QED) is 0.640. The Morgan fingerprint density at radius 3 is 2.21 bits per heavy atom. The Bertz CT molecular complexity index is 890. The lowest BCUT2D eigenvalue weighted by Crippen LogP contribution is -2.24. The van der Waals surface area contributed by atoms with E-state index in [1.54, 1.807) is 12.4 Å². The van der Waals surface area contributed by atoms with Gasteiger partial charge in [0.2, 0.25) is 5.95 Å². The minimum Gasteiger partial charge on any atom is -0.337 e. The number of anilines is 2. The zero-order chi connectivity index (χ0) is 19.9. The van der Waals surface area contributed by atoms with Crippen LogP contribution in [-0.4, -0.2) is 22.4 Å². The summed E-state index contributed by atoms with van der Waals surface area (Å²) in [6.07, 6.45) is 3.15. The summed E-state index contributed by atoms with van der Waals surface area (Å²) in [4.78, 5) is 23.3. The van der Waals surface area contributed by atoms with E-state index in [1.165, 1.54) is 11.1 Å². The monoisotopic (exact) mass is 374 g/mol. The maximum atomic E-state index is 12.5. The Kier molecular flexibility index (Phi) is 6.37. The summed E-state index contributed by atoms with van der Waals surface area (Å²) in [5.74, 6) is 0.863. The molecule has 28 heavy (non-hydrogen) atoms. The van der Waals surface area contributed by atoms with Gasteiger partial charge in [-0.05, 0) is 36.1 Å². The molecule has 5 heteroatoms. The van der Waals surface area contributed by atoms with Crippen molar-refractivity contribution in [2.75, 3.05) is 16.8 Å². The van der Waals surface area contributed by atoms with Crippen LogP contribution in [0, 0.1) is 0 Å². The molecule has 0 spiro atoms. The molecule has 144 valence electrons. The maximum absolute atomic E-state index is 12.5. The number of hydrogen-bond donors (Lipinski definition) is 1. The predicted molar refractivity (Wildman–Crippen MR) is 114 cm³/mol. The molecule has 0 bridgehead atoms. The number of hydrogen-bond acceptors (Lipinski definition) is 4. The average molecular weight is 374 g/mol. The van der Waals surface area contributed by atoms with Crippen molar-refractivity contribution in [2.24, 2.45) is 0 Å². The lowest BCUT2D eigenvalue weighted by atomic mass is 10.0. The normalized spacial score (nSPS) is 10.7. The van der Waals surface area contributed by atoms with E-state index in [2.05, 4.69) is 53.1 Å². The predicted octanol–water partition coefficient (Wildman–Crippen LogP) is 4.88. The summed E-state index contributed by atoms with van der Waals surface area (Å²) in [7, 11) is 0. The van der Waals surface area contributed by atoms with Crippen LogP contribution in [0.25, 0.3) is 0 Å². The highest BCUT2D eigenvalue weighted by atomic mass is 16.1. The fourth-order valence-corrected chi connectivity index (χ4v) is 2.88. The van der Waals surface area contributed by atoms with Crippen molar-refractivity contribution in [3.05, 3.63) is 83.7 Å². The van der Waals surface area contributed by atoms with Gasteiger partial charge in [-0.3, -0.25) is 4.79 Å². The first-order valence-electron chi connectivity index (χ1n) is 9.59. The van der Waals surface area contributed by atoms with Crippen LogP contribution in [0.4, 0.5) is 11.6 Å². The van der Waals surface area contributed by atoms with Crippen molar-refractivity contribution in [2.45, 2.75) is 33.2 Å². The van der Waals surface area contributed by atoms with Crippen LogP contribution in [0.1, 0.15) is 48.2 Å². The van der Waals surface area contributed by atoms with E-state index in [-0.39, 0.29) is 5.91 Å². The van der Waals surface area contributed by atoms with Gasteiger partial charge >= 0.3 is 0 Å². The Morgan fingerprint density at radius 1 is 1.00 bits per heavy atom. The summed E-state index contributed by atoms with van der Waals surface area (Å²) in [6, 6.07) is 18.1. The first-order chi connectivity index (χ1) is 13.6. The molecule has 0 aliphatic rings. The zero-order valence-corrected chi connectivity index (χ0v) is 16.6. The smallest absolute Gasteiger partial charge is 0.258 e. The molecule has 0 radical (unpaired) electrons. The van der Waals surface area contributed by atoms with Gasteiger partial charge < -0.3 is 10.2 Å². The Morgan fingerprint density at radius 2 is 1.64 bits per heavy atom. The molecule has 0 aliphatic carbocycles. The second kappa shape index (κ2) is 9.13. The lowest BCUT2D eigenvalue weighted by molar-refractivity contribution is 0.102. The van der Waals surface area contributed by atoms with E-state index in [4.69, 9.17) is 0 Å². The van der Waals surface area contributed by atoms with E-state index in [9.17, 15) is 4.79 Å². The first-order valence-corrected chi connectivity index (χ1v) is 9.59. The summed E-state index contributed by atoms with van der Waals surface area (Å²) in [5.41, 5.74) is 3.63. The van der Waals surface area contributed by atoms with Crippen molar-refractivity contribution in [3.8, 4) is 0 Å². The second-order valence-electron chi connectivity index (χ2n) is 7.00. The fraction of sp³-hybridized carbons (Fsp3) is 0.261. The van der Waals surface area contributed by atoms with Crippen LogP contribution in [0.15, 0.2) is 67.0 Å². The van der Waals surface area contributed by atoms with Crippen LogP contribution in [0.2, 0.25) is 0 Å². The molecule has 1 N–H and O–H groups in total. The molecule has 2 aromatic carbocycles. The molecule has 0 unspecified atom stereocenters. The Hall–Kier alpha value is -3.21. The SMILES string of the molecule is CCN(Cc1ccccc1)c1ncc(C(=O)Nc2ccc(C(C)C)cc2)cn1. The second-order valence-corrected chi connectivity index (χ2v) is 7.00. The number of amides is 1. The van der Waals surface area contributed by atoms with Gasteiger partial charge in [-0.25, -0.2) is 9.97 Å². The number of benzene rings is 2. The van der Waals surface area contributed by atoms with E-state index in [0.29, 0.717) is 17.4 Å². The molecule has 5 nitrogen and oxygen atoms in total. The van der Waals surface area contributed by atoms with Gasteiger partial charge in [0.05, 0.1) is 5.56 Å². The molecule has 3 aromatic rings. The van der Waals surface area contributed by atoms with E-state index in [0.717, 1.165) is 18.8 Å². The number of nitrogens with zero attached hydrogens (tertiary/aromatic N) is 3. The number of aromatic nitrogens is 2. The topological polar surface area (TPSA) is 58.1 Å². The summed E-state index contributed by atoms with van der Waals surface area (Å²) >= 11 is 0. The van der Waals surface area contributed by atoms with Crippen LogP contribution < -0.4 is 10.2 Å². The van der Waals surface area contributed by atoms with Gasteiger partial charge in [-0.2, -0.15) is 0 Å². The molecule has 0 saturated heterocycles. The van der Waals surface area contributed by atoms with Crippen molar-refractivity contribution in [1.82, 2.24) is 9.97 Å². The number of nitrogens with one attached hydrogen (secondary N) is 1. The fourth-order valence-electron chi connectivity index (χ4n) is 2.88. The number of carbonyl (C=O) groups is 1. The van der Waals surface area contributed by atoms with Crippen LogP contribution in [0.5, 0.6) is 0 Å². The average Bonchev–Trinajstić information content (AvgIpc) is 2.73. The highest BCUT2D eigenvalue weighted by Gasteiger charge is 2.12. The third-order valence-electron chi connectivity index (χ3n) is 4.62. The molecule has 0 aliphatic heterocycles. The van der Waals surface area contributed by atoms with Crippen molar-refractivity contribution < 1.29 is 4.79 Å². The standard InChI is InChI=1S/C23H26N4O/c1-4-27(16-18-8-6-5-7-9-18)23-24-14-20(15-25-23)22(28)26-21-12-10-19(11-13-21)17(2)3/h5-15,17H,4,16H2,1-3H3,(H,26,28). The summed E-state index contributed by atoms with van der Waals surface area (Å²) < 4.78 is 0. The molecular formula is C23H26N4O. The van der Waals surface area contributed by atoms with Crippen molar-refractivity contribution in [1.29, 1.82) is 0 Å². The summed E-state index contributed by atoms with van der Waals surface area (Å²) in [5, 5.41) is 2.89. The summed E-state index contributed by atoms with van der Waals surface area (Å²) in [6.45, 7) is 7.86. The highest BCUT2D eigenvalue weighted by molar-refractivity contribution is 6.03. The molecule has 0 saturated carbocycles. The molecule has 1 amide bonds. The Balaban J connectivity index is 1.66. The van der Waals surface area contributed by atoms with Gasteiger partial charge in [0.1, 0.15) is 0 Å². The van der Waals surface area contributed by atoms with Gasteiger partial charge in [-0.1, -0.05) is 56.3 Å². The van der Waals surface area contributed by atoms with E-state index in [1.807, 2.05) is 42.5 Å². The minimum atomic E-state index is -0.213. The largest absolute Gasteiger partial charge is 0.337 e. The minimum absolute atomic E-state index is 0.213. The molecule has 0 atom stereocenters. The van der Waals surface area contributed by atoms with Gasteiger partial charge in [0.15, 0.2) is 0 Å². The van der Waals surface area contributed by atoms with Crippen molar-refractivity contribution in [3.63, 3.8) is 0 Å². The first kappa shape index (κ1) is 19.5. The molecule has 3 rings (SSSR count). The highest BCUT2D eigenvalue weighted by Crippen LogP contribution is 2.18. The lowest BCUT2D eigenvalue weighted by Gasteiger charge is -2.20. The maximum Gasteiger partial charge on any atom is 0.258 e. The number of rotatable bonds is 7. The molecule has 0 fully saturated rings. The van der Waals surface area contributed by atoms with Crippen LogP contribution in [-0.2, 0) is 6.54 Å². The van der Waals surface area contributed by atoms with E-state index < -0.39 is 0 Å². The molecule has 1 heterocycles. The van der Waals surface area contributed by atoms with Crippen LogP contribution >= 0.6 is 0 Å². The van der Waals surface area contributed by atoms with Crippen molar-refractivity contribution >= 4 is 17.5 Å². The van der Waals surface area contributed by atoms with E-state index >= 15 is 0 Å². The van der Waals surface area contributed by atoms with Gasteiger partial charge in [0.25, 0.3) is 5.91 Å². The molecular weight excluding hydrogens is 348 g/mol. The van der Waals surface area contributed by atoms with Crippen LogP contribution in [0.3, 0.4) is 0 Å². The Labute approximate surface area is 166 Å². The number of carbonyl (C=O) groups excluding carboxylic acids is 1. The molecule has 1 aromatic heterocycles. The van der Waals surface area contributed by atoms with Gasteiger partial charge in [-0.15, -0.1) is 0 Å². The van der Waals surface area contributed by atoms with Gasteiger partial charge in [0, 0.05) is 31.2 Å².